The van der Waals surface area contributed by atoms with Crippen molar-refractivity contribution in [1.29, 1.82) is 0 Å². The van der Waals surface area contributed by atoms with Crippen molar-refractivity contribution in [1.82, 2.24) is 4.90 Å². The molecule has 0 radical (unpaired) electrons. The Balaban J connectivity index is 2.14. The molecule has 2 N–H and O–H groups in total. The number of furan rings is 1. The minimum absolute atomic E-state index is 0.176. The lowest BCUT2D eigenvalue weighted by Gasteiger charge is -2.17. The summed E-state index contributed by atoms with van der Waals surface area (Å²) in [5.74, 6) is -1.58. The standard InChI is InChI=1S/C14H13FN2O4/c1-17(8-9-4-3-7-21-9)14(20)16-12-10(13(18)19)5-2-6-11(12)15/h2-7H,8H2,1H3,(H,16,20)(H,18,19). The lowest BCUT2D eigenvalue weighted by molar-refractivity contribution is 0.0697. The van der Waals surface area contributed by atoms with Crippen LogP contribution in [0.15, 0.2) is 41.0 Å². The summed E-state index contributed by atoms with van der Waals surface area (Å²) in [7, 11) is 1.49. The van der Waals surface area contributed by atoms with Crippen LogP contribution >= 0.6 is 0 Å². The van der Waals surface area contributed by atoms with Crippen LogP contribution in [0.25, 0.3) is 0 Å². The Kier molecular flexibility index (Phi) is 4.22. The van der Waals surface area contributed by atoms with Crippen LogP contribution in [0.4, 0.5) is 14.9 Å². The van der Waals surface area contributed by atoms with Gasteiger partial charge in [-0.25, -0.2) is 14.0 Å². The molecule has 1 aromatic heterocycles. The highest BCUT2D eigenvalue weighted by molar-refractivity contribution is 6.00. The molecule has 0 unspecified atom stereocenters. The number of hydrogen-bond donors (Lipinski definition) is 2. The second-order valence-electron chi connectivity index (χ2n) is 4.33. The fourth-order valence-electron chi connectivity index (χ4n) is 1.74. The third-order valence-electron chi connectivity index (χ3n) is 2.80. The summed E-state index contributed by atoms with van der Waals surface area (Å²) in [5, 5.41) is 11.3. The third kappa shape index (κ3) is 3.38. The van der Waals surface area contributed by atoms with Crippen LogP contribution in [0.1, 0.15) is 16.1 Å². The molecule has 0 saturated heterocycles. The van der Waals surface area contributed by atoms with Gasteiger partial charge in [-0.15, -0.1) is 0 Å². The number of amides is 2. The number of carbonyl (C=O) groups excluding carboxylic acids is 1. The van der Waals surface area contributed by atoms with E-state index in [1.165, 1.54) is 30.3 Å². The predicted octanol–water partition coefficient (Wildman–Crippen LogP) is 2.78. The Morgan fingerprint density at radius 1 is 1.33 bits per heavy atom. The van der Waals surface area contributed by atoms with Crippen LogP contribution in [0.2, 0.25) is 0 Å². The molecular formula is C14H13FN2O4. The average molecular weight is 292 g/mol. The quantitative estimate of drug-likeness (QED) is 0.907. The van der Waals surface area contributed by atoms with Gasteiger partial charge in [0.15, 0.2) is 0 Å². The Hall–Kier alpha value is -2.83. The second kappa shape index (κ2) is 6.08. The van der Waals surface area contributed by atoms with Crippen molar-refractivity contribution in [2.45, 2.75) is 6.54 Å². The molecule has 2 aromatic rings. The van der Waals surface area contributed by atoms with Crippen molar-refractivity contribution in [2.24, 2.45) is 0 Å². The summed E-state index contributed by atoms with van der Waals surface area (Å²) < 4.78 is 18.8. The zero-order valence-corrected chi connectivity index (χ0v) is 11.2. The third-order valence-corrected chi connectivity index (χ3v) is 2.80. The zero-order chi connectivity index (χ0) is 15.4. The topological polar surface area (TPSA) is 82.8 Å². The molecule has 2 rings (SSSR count). The number of carboxylic acids is 1. The number of aromatic carboxylic acids is 1. The van der Waals surface area contributed by atoms with Gasteiger partial charge in [0.05, 0.1) is 24.1 Å². The number of nitrogens with zero attached hydrogens (tertiary/aromatic N) is 1. The number of rotatable bonds is 4. The summed E-state index contributed by atoms with van der Waals surface area (Å²) in [6, 6.07) is 6.29. The average Bonchev–Trinajstić information content (AvgIpc) is 2.93. The molecule has 0 fully saturated rings. The monoisotopic (exact) mass is 292 g/mol. The van der Waals surface area contributed by atoms with Crippen LogP contribution in [0.3, 0.4) is 0 Å². The summed E-state index contributed by atoms with van der Waals surface area (Å²) >= 11 is 0. The van der Waals surface area contributed by atoms with Crippen LogP contribution < -0.4 is 5.32 Å². The van der Waals surface area contributed by atoms with Crippen LogP contribution in [-0.2, 0) is 6.54 Å². The fraction of sp³-hybridized carbons (Fsp3) is 0.143. The lowest BCUT2D eigenvalue weighted by Crippen LogP contribution is -2.31. The normalized spacial score (nSPS) is 10.2. The van der Waals surface area contributed by atoms with E-state index in [2.05, 4.69) is 5.32 Å². The highest BCUT2D eigenvalue weighted by atomic mass is 19.1. The fourth-order valence-corrected chi connectivity index (χ4v) is 1.74. The molecule has 0 aliphatic carbocycles. The number of para-hydroxylation sites is 1. The maximum Gasteiger partial charge on any atom is 0.337 e. The van der Waals surface area contributed by atoms with E-state index in [1.807, 2.05) is 0 Å². The van der Waals surface area contributed by atoms with E-state index in [-0.39, 0.29) is 17.8 Å². The van der Waals surface area contributed by atoms with Crippen molar-refractivity contribution in [3.05, 3.63) is 53.7 Å². The highest BCUT2D eigenvalue weighted by Crippen LogP contribution is 2.20. The molecule has 1 heterocycles. The minimum atomic E-state index is -1.32. The predicted molar refractivity (Wildman–Crippen MR) is 72.6 cm³/mol. The molecule has 0 bridgehead atoms. The zero-order valence-electron chi connectivity index (χ0n) is 11.2. The highest BCUT2D eigenvalue weighted by Gasteiger charge is 2.18. The van der Waals surface area contributed by atoms with E-state index < -0.39 is 17.8 Å². The molecule has 110 valence electrons. The summed E-state index contributed by atoms with van der Waals surface area (Å²) in [6.07, 6.45) is 1.47. The summed E-state index contributed by atoms with van der Waals surface area (Å²) in [5.41, 5.74) is -0.670. The van der Waals surface area contributed by atoms with Gasteiger partial charge >= 0.3 is 12.0 Å². The van der Waals surface area contributed by atoms with E-state index in [0.717, 1.165) is 6.07 Å². The van der Waals surface area contributed by atoms with Crippen molar-refractivity contribution in [2.75, 3.05) is 12.4 Å². The number of anilines is 1. The van der Waals surface area contributed by atoms with Gasteiger partial charge in [-0.3, -0.25) is 0 Å². The van der Waals surface area contributed by atoms with Crippen LogP contribution in [0, 0.1) is 5.82 Å². The van der Waals surface area contributed by atoms with E-state index in [9.17, 15) is 14.0 Å². The second-order valence-corrected chi connectivity index (χ2v) is 4.33. The molecule has 0 spiro atoms. The Morgan fingerprint density at radius 3 is 2.71 bits per heavy atom. The van der Waals surface area contributed by atoms with E-state index in [1.54, 1.807) is 12.1 Å². The number of hydrogen-bond acceptors (Lipinski definition) is 3. The Labute approximate surface area is 119 Å². The van der Waals surface area contributed by atoms with Gasteiger partial charge in [-0.2, -0.15) is 0 Å². The first-order valence-corrected chi connectivity index (χ1v) is 6.05. The molecule has 0 aliphatic rings. The first kappa shape index (κ1) is 14.6. The molecule has 1 aromatic carbocycles. The van der Waals surface area contributed by atoms with Gasteiger partial charge in [0.1, 0.15) is 11.6 Å². The number of carbonyl (C=O) groups is 2. The van der Waals surface area contributed by atoms with Crippen LogP contribution in [-0.4, -0.2) is 29.1 Å². The number of nitrogens with one attached hydrogen (secondary N) is 1. The number of benzene rings is 1. The van der Waals surface area contributed by atoms with Gasteiger partial charge < -0.3 is 19.7 Å². The lowest BCUT2D eigenvalue weighted by atomic mass is 10.1. The molecule has 6 nitrogen and oxygen atoms in total. The smallest absolute Gasteiger partial charge is 0.337 e. The Morgan fingerprint density at radius 2 is 2.10 bits per heavy atom. The number of urea groups is 1. The largest absolute Gasteiger partial charge is 0.478 e. The van der Waals surface area contributed by atoms with Crippen molar-refractivity contribution in [3.63, 3.8) is 0 Å². The van der Waals surface area contributed by atoms with Gasteiger partial charge in [-0.1, -0.05) is 6.07 Å². The summed E-state index contributed by atoms with van der Waals surface area (Å²) in [6.45, 7) is 0.176. The SMILES string of the molecule is CN(Cc1ccco1)C(=O)Nc1c(F)cccc1C(=O)O. The van der Waals surface area contributed by atoms with E-state index >= 15 is 0 Å². The van der Waals surface area contributed by atoms with Gasteiger partial charge in [0.25, 0.3) is 0 Å². The molecular weight excluding hydrogens is 279 g/mol. The van der Waals surface area contributed by atoms with E-state index in [0.29, 0.717) is 5.76 Å². The van der Waals surface area contributed by atoms with Crippen molar-refractivity contribution < 1.29 is 23.5 Å². The molecule has 0 aliphatic heterocycles. The molecule has 0 saturated carbocycles. The molecule has 21 heavy (non-hydrogen) atoms. The van der Waals surface area contributed by atoms with Crippen molar-refractivity contribution in [3.8, 4) is 0 Å². The van der Waals surface area contributed by atoms with Gasteiger partial charge in [-0.05, 0) is 24.3 Å². The maximum atomic E-state index is 13.7. The molecule has 0 atom stereocenters. The first-order valence-electron chi connectivity index (χ1n) is 6.05. The maximum absolute atomic E-state index is 13.7. The minimum Gasteiger partial charge on any atom is -0.478 e. The van der Waals surface area contributed by atoms with Crippen molar-refractivity contribution >= 4 is 17.7 Å². The van der Waals surface area contributed by atoms with Crippen LogP contribution in [0.5, 0.6) is 0 Å². The molecule has 7 heteroatoms. The van der Waals surface area contributed by atoms with Gasteiger partial charge in [0.2, 0.25) is 0 Å². The first-order chi connectivity index (χ1) is 9.99. The van der Waals surface area contributed by atoms with E-state index in [4.69, 9.17) is 9.52 Å². The Bertz CT molecular complexity index is 655. The van der Waals surface area contributed by atoms with Gasteiger partial charge in [0, 0.05) is 7.05 Å². The number of halogens is 1. The number of carboxylic acid groups (broad SMARTS) is 1. The summed E-state index contributed by atoms with van der Waals surface area (Å²) in [4.78, 5) is 24.3. The molecule has 2 amide bonds.